The van der Waals surface area contributed by atoms with Crippen LogP contribution in [0.3, 0.4) is 0 Å². The molecule has 3 aliphatic rings. The number of rotatable bonds is 3. The van der Waals surface area contributed by atoms with Gasteiger partial charge in [0.05, 0.1) is 10.6 Å². The van der Waals surface area contributed by atoms with Crippen LogP contribution in [0.5, 0.6) is 0 Å². The first-order valence-corrected chi connectivity index (χ1v) is 13.1. The number of hydrogen-bond donors (Lipinski definition) is 1. The van der Waals surface area contributed by atoms with Crippen molar-refractivity contribution in [3.8, 4) is 0 Å². The van der Waals surface area contributed by atoms with E-state index in [4.69, 9.17) is 0 Å². The minimum Gasteiger partial charge on any atom is -0.341 e. The molecule has 1 aromatic carbocycles. The molecule has 0 saturated carbocycles. The number of sulfonamides is 1. The van der Waals surface area contributed by atoms with Gasteiger partial charge in [-0.05, 0) is 49.8 Å². The van der Waals surface area contributed by atoms with Crippen LogP contribution in [-0.2, 0) is 19.6 Å². The summed E-state index contributed by atoms with van der Waals surface area (Å²) < 4.78 is 27.7. The largest absolute Gasteiger partial charge is 0.341 e. The molecule has 0 aliphatic carbocycles. The highest BCUT2D eigenvalue weighted by Crippen LogP contribution is 2.38. The molecule has 2 saturated heterocycles. The van der Waals surface area contributed by atoms with Crippen molar-refractivity contribution < 1.29 is 18.0 Å². The third-order valence-corrected chi connectivity index (χ3v) is 9.37. The summed E-state index contributed by atoms with van der Waals surface area (Å²) in [6.07, 6.45) is 5.76. The van der Waals surface area contributed by atoms with Gasteiger partial charge in [0, 0.05) is 31.1 Å². The molecule has 7 nitrogen and oxygen atoms in total. The van der Waals surface area contributed by atoms with Crippen molar-refractivity contribution in [1.82, 2.24) is 9.21 Å². The Labute approximate surface area is 182 Å². The SMILES string of the molecule is CC1CCN(C(=O)[C@H]2Sc3ccc(S(=O)(=O)N4CCCCCC4)cc3NC2=O)CC1. The number of fused-ring (bicyclic) bond motifs is 1. The highest BCUT2D eigenvalue weighted by Gasteiger charge is 2.37. The first-order chi connectivity index (χ1) is 14.4. The summed E-state index contributed by atoms with van der Waals surface area (Å²) in [6, 6.07) is 4.83. The van der Waals surface area contributed by atoms with Gasteiger partial charge in [-0.2, -0.15) is 4.31 Å². The molecular formula is C21H29N3O4S2. The number of nitrogens with one attached hydrogen (secondary N) is 1. The highest BCUT2D eigenvalue weighted by atomic mass is 32.2. The van der Waals surface area contributed by atoms with Gasteiger partial charge >= 0.3 is 0 Å². The second-order valence-corrected chi connectivity index (χ2v) is 11.6. The smallest absolute Gasteiger partial charge is 0.247 e. The predicted octanol–water partition coefficient (Wildman–Crippen LogP) is 2.92. The summed E-state index contributed by atoms with van der Waals surface area (Å²) >= 11 is 1.21. The minimum atomic E-state index is -3.59. The minimum absolute atomic E-state index is 0.156. The molecule has 1 aromatic rings. The van der Waals surface area contributed by atoms with E-state index in [2.05, 4.69) is 12.2 Å². The topological polar surface area (TPSA) is 86.8 Å². The summed E-state index contributed by atoms with van der Waals surface area (Å²) in [5.41, 5.74) is 0.470. The molecule has 164 valence electrons. The number of amides is 2. The lowest BCUT2D eigenvalue weighted by Gasteiger charge is -2.34. The van der Waals surface area contributed by atoms with Gasteiger partial charge < -0.3 is 10.2 Å². The van der Waals surface area contributed by atoms with E-state index in [1.807, 2.05) is 0 Å². The van der Waals surface area contributed by atoms with E-state index in [9.17, 15) is 18.0 Å². The molecule has 1 N–H and O–H groups in total. The molecule has 0 spiro atoms. The fourth-order valence-corrected chi connectivity index (χ4v) is 6.83. The van der Waals surface area contributed by atoms with Gasteiger partial charge in [-0.15, -0.1) is 11.8 Å². The summed E-state index contributed by atoms with van der Waals surface area (Å²) in [5, 5.41) is 1.96. The molecule has 4 rings (SSSR count). The van der Waals surface area contributed by atoms with Crippen molar-refractivity contribution in [2.45, 2.75) is 60.5 Å². The van der Waals surface area contributed by atoms with Crippen molar-refractivity contribution in [2.24, 2.45) is 5.92 Å². The van der Waals surface area contributed by atoms with E-state index in [0.717, 1.165) is 43.4 Å². The van der Waals surface area contributed by atoms with Gasteiger partial charge in [0.2, 0.25) is 21.8 Å². The lowest BCUT2D eigenvalue weighted by atomic mass is 9.99. The van der Waals surface area contributed by atoms with Crippen molar-refractivity contribution in [1.29, 1.82) is 0 Å². The average Bonchev–Trinajstić information content (AvgIpc) is 3.03. The van der Waals surface area contributed by atoms with Crippen molar-refractivity contribution in [2.75, 3.05) is 31.5 Å². The second-order valence-electron chi connectivity index (χ2n) is 8.47. The normalized spacial score (nSPS) is 24.1. The molecule has 0 bridgehead atoms. The Bertz CT molecular complexity index is 918. The molecule has 3 aliphatic heterocycles. The van der Waals surface area contributed by atoms with Crippen LogP contribution < -0.4 is 5.32 Å². The quantitative estimate of drug-likeness (QED) is 0.714. The van der Waals surface area contributed by atoms with Crippen LogP contribution in [0.4, 0.5) is 5.69 Å². The molecular weight excluding hydrogens is 422 g/mol. The maximum absolute atomic E-state index is 13.1. The number of hydrogen-bond acceptors (Lipinski definition) is 5. The van der Waals surface area contributed by atoms with Crippen LogP contribution in [0.25, 0.3) is 0 Å². The fourth-order valence-electron chi connectivity index (χ4n) is 4.24. The first-order valence-electron chi connectivity index (χ1n) is 10.8. The Balaban J connectivity index is 1.51. The Hall–Kier alpha value is -1.58. The summed E-state index contributed by atoms with van der Waals surface area (Å²) in [5.74, 6) is 0.0731. The van der Waals surface area contributed by atoms with Crippen LogP contribution >= 0.6 is 11.8 Å². The lowest BCUT2D eigenvalue weighted by molar-refractivity contribution is -0.135. The lowest BCUT2D eigenvalue weighted by Crippen LogP contribution is -2.47. The molecule has 2 fully saturated rings. The molecule has 0 unspecified atom stereocenters. The van der Waals surface area contributed by atoms with E-state index in [1.165, 1.54) is 17.8 Å². The molecule has 0 aromatic heterocycles. The number of anilines is 1. The zero-order valence-electron chi connectivity index (χ0n) is 17.3. The third-order valence-electron chi connectivity index (χ3n) is 6.21. The Kier molecular flexibility index (Phi) is 6.41. The zero-order chi connectivity index (χ0) is 21.3. The molecule has 0 radical (unpaired) electrons. The van der Waals surface area contributed by atoms with E-state index >= 15 is 0 Å². The standard InChI is InChI=1S/C21H29N3O4S2/c1-15-8-12-23(13-9-15)21(26)19-20(25)22-17-14-16(6-7-18(17)29-19)30(27,28)24-10-4-2-3-5-11-24/h6-7,14-15,19H,2-5,8-13H2,1H3,(H,22,25)/t19-/m0/s1. The number of likely N-dealkylation sites (tertiary alicyclic amines) is 1. The Morgan fingerprint density at radius 2 is 1.73 bits per heavy atom. The van der Waals surface area contributed by atoms with E-state index in [1.54, 1.807) is 21.3 Å². The second kappa shape index (κ2) is 8.88. The molecule has 3 heterocycles. The molecule has 9 heteroatoms. The van der Waals surface area contributed by atoms with Crippen molar-refractivity contribution in [3.63, 3.8) is 0 Å². The van der Waals surface area contributed by atoms with Crippen LogP contribution in [-0.4, -0.2) is 60.9 Å². The van der Waals surface area contributed by atoms with Crippen LogP contribution in [0.15, 0.2) is 28.0 Å². The van der Waals surface area contributed by atoms with Crippen LogP contribution in [0.2, 0.25) is 0 Å². The highest BCUT2D eigenvalue weighted by molar-refractivity contribution is 8.01. The van der Waals surface area contributed by atoms with Crippen LogP contribution in [0.1, 0.15) is 45.4 Å². The van der Waals surface area contributed by atoms with Gasteiger partial charge in [-0.3, -0.25) is 9.59 Å². The first kappa shape index (κ1) is 21.6. The van der Waals surface area contributed by atoms with Gasteiger partial charge in [0.15, 0.2) is 5.25 Å². The Morgan fingerprint density at radius 3 is 2.40 bits per heavy atom. The maximum Gasteiger partial charge on any atom is 0.247 e. The number of nitrogens with zero attached hydrogens (tertiary/aromatic N) is 2. The van der Waals surface area contributed by atoms with Gasteiger partial charge in [-0.1, -0.05) is 19.8 Å². The summed E-state index contributed by atoms with van der Waals surface area (Å²) in [4.78, 5) is 28.3. The third kappa shape index (κ3) is 4.38. The molecule has 1 atom stereocenters. The van der Waals surface area contributed by atoms with E-state index in [-0.39, 0.29) is 16.7 Å². The van der Waals surface area contributed by atoms with Crippen molar-refractivity contribution in [3.05, 3.63) is 18.2 Å². The van der Waals surface area contributed by atoms with Gasteiger partial charge in [0.25, 0.3) is 0 Å². The summed E-state index contributed by atoms with van der Waals surface area (Å²) in [6.45, 7) is 4.61. The average molecular weight is 452 g/mol. The van der Waals surface area contributed by atoms with Gasteiger partial charge in [0.1, 0.15) is 0 Å². The maximum atomic E-state index is 13.1. The number of benzene rings is 1. The fraction of sp³-hybridized carbons (Fsp3) is 0.619. The number of thioether (sulfide) groups is 1. The van der Waals surface area contributed by atoms with Crippen LogP contribution in [0, 0.1) is 5.92 Å². The number of carbonyl (C=O) groups excluding carboxylic acids is 2. The van der Waals surface area contributed by atoms with E-state index < -0.39 is 15.3 Å². The molecule has 2 amide bonds. The molecule has 30 heavy (non-hydrogen) atoms. The van der Waals surface area contributed by atoms with Gasteiger partial charge in [-0.25, -0.2) is 8.42 Å². The predicted molar refractivity (Wildman–Crippen MR) is 117 cm³/mol. The Morgan fingerprint density at radius 1 is 1.07 bits per heavy atom. The monoisotopic (exact) mass is 451 g/mol. The number of piperidine rings is 1. The van der Waals surface area contributed by atoms with E-state index in [0.29, 0.717) is 37.8 Å². The number of carbonyl (C=O) groups is 2. The zero-order valence-corrected chi connectivity index (χ0v) is 18.9. The van der Waals surface area contributed by atoms with Crippen molar-refractivity contribution >= 4 is 39.3 Å². The summed E-state index contributed by atoms with van der Waals surface area (Å²) in [7, 11) is -3.59.